The number of fused-ring (bicyclic) bond motifs is 1. The Balaban J connectivity index is 1.69. The van der Waals surface area contributed by atoms with Crippen molar-refractivity contribution in [3.8, 4) is 0 Å². The van der Waals surface area contributed by atoms with Crippen LogP contribution < -0.4 is 5.56 Å². The molecule has 1 N–H and O–H groups in total. The Hall–Kier alpha value is -1.69. The molecule has 1 amide bonds. The Kier molecular flexibility index (Phi) is 5.04. The molecule has 2 heterocycles. The van der Waals surface area contributed by atoms with E-state index < -0.39 is 0 Å². The topological polar surface area (TPSA) is 66.1 Å². The van der Waals surface area contributed by atoms with Crippen LogP contribution in [0.4, 0.5) is 0 Å². The summed E-state index contributed by atoms with van der Waals surface area (Å²) < 4.78 is 0. The summed E-state index contributed by atoms with van der Waals surface area (Å²) >= 11 is 1.54. The van der Waals surface area contributed by atoms with E-state index in [1.807, 2.05) is 25.8 Å². The Bertz CT molecular complexity index is 802. The van der Waals surface area contributed by atoms with Gasteiger partial charge in [-0.15, -0.1) is 11.3 Å². The Morgan fingerprint density at radius 2 is 2.00 bits per heavy atom. The van der Waals surface area contributed by atoms with E-state index >= 15 is 0 Å². The number of aromatic amines is 1. The fourth-order valence-corrected chi connectivity index (χ4v) is 4.54. The number of nitrogens with one attached hydrogen (secondary N) is 1. The maximum Gasteiger partial charge on any atom is 0.259 e. The number of hydrogen-bond donors (Lipinski definition) is 1. The zero-order chi connectivity index (χ0) is 17.3. The third-order valence-electron chi connectivity index (χ3n) is 5.18. The summed E-state index contributed by atoms with van der Waals surface area (Å²) in [4.78, 5) is 35.9. The van der Waals surface area contributed by atoms with E-state index in [1.54, 1.807) is 11.3 Å². The molecule has 130 valence electrons. The number of carbonyl (C=O) groups excluding carboxylic acids is 1. The third-order valence-corrected chi connectivity index (χ3v) is 6.28. The number of thiophene rings is 1. The molecule has 2 aromatic heterocycles. The average molecular weight is 347 g/mol. The lowest BCUT2D eigenvalue weighted by molar-refractivity contribution is -0.132. The Morgan fingerprint density at radius 1 is 1.29 bits per heavy atom. The molecular formula is C18H25N3O2S. The van der Waals surface area contributed by atoms with Crippen molar-refractivity contribution in [1.29, 1.82) is 0 Å². The molecule has 24 heavy (non-hydrogen) atoms. The minimum atomic E-state index is -0.0927. The smallest absolute Gasteiger partial charge is 0.259 e. The molecular weight excluding hydrogens is 322 g/mol. The van der Waals surface area contributed by atoms with Crippen LogP contribution in [0.5, 0.6) is 0 Å². The molecule has 0 aromatic carbocycles. The number of hydrogen-bond acceptors (Lipinski definition) is 4. The number of rotatable bonds is 4. The predicted molar refractivity (Wildman–Crippen MR) is 97.7 cm³/mol. The Labute approximate surface area is 146 Å². The van der Waals surface area contributed by atoms with Crippen LogP contribution in [0.2, 0.25) is 0 Å². The maximum atomic E-state index is 12.4. The van der Waals surface area contributed by atoms with Gasteiger partial charge in [0.05, 0.1) is 5.39 Å². The minimum absolute atomic E-state index is 0.0927. The second kappa shape index (κ2) is 7.05. The summed E-state index contributed by atoms with van der Waals surface area (Å²) in [5.74, 6) is 0.752. The van der Waals surface area contributed by atoms with Gasteiger partial charge in [-0.25, -0.2) is 4.98 Å². The van der Waals surface area contributed by atoms with Crippen molar-refractivity contribution >= 4 is 27.5 Å². The first-order chi connectivity index (χ1) is 11.5. The Morgan fingerprint density at radius 3 is 2.71 bits per heavy atom. The molecule has 3 rings (SSSR count). The molecule has 5 nitrogen and oxygen atoms in total. The van der Waals surface area contributed by atoms with Crippen molar-refractivity contribution in [1.82, 2.24) is 14.9 Å². The third kappa shape index (κ3) is 3.38. The lowest BCUT2D eigenvalue weighted by Crippen LogP contribution is -2.38. The van der Waals surface area contributed by atoms with Crippen LogP contribution in [0, 0.1) is 13.8 Å². The maximum absolute atomic E-state index is 12.4. The molecule has 0 bridgehead atoms. The van der Waals surface area contributed by atoms with Crippen LogP contribution in [0.3, 0.4) is 0 Å². The van der Waals surface area contributed by atoms with Crippen molar-refractivity contribution in [2.24, 2.45) is 0 Å². The fourth-order valence-electron chi connectivity index (χ4n) is 3.49. The quantitative estimate of drug-likeness (QED) is 0.922. The average Bonchev–Trinajstić information content (AvgIpc) is 2.87. The second-order valence-electron chi connectivity index (χ2n) is 6.77. The number of carbonyl (C=O) groups is 1. The summed E-state index contributed by atoms with van der Waals surface area (Å²) in [5.41, 5.74) is 0.911. The monoisotopic (exact) mass is 347 g/mol. The van der Waals surface area contributed by atoms with E-state index in [4.69, 9.17) is 0 Å². The van der Waals surface area contributed by atoms with Crippen molar-refractivity contribution in [2.45, 2.75) is 64.8 Å². The van der Waals surface area contributed by atoms with Gasteiger partial charge in [-0.05, 0) is 32.3 Å². The van der Waals surface area contributed by atoms with Gasteiger partial charge < -0.3 is 9.88 Å². The van der Waals surface area contributed by atoms with Crippen LogP contribution in [0.25, 0.3) is 10.2 Å². The normalized spacial score (nSPS) is 15.8. The molecule has 1 aliphatic carbocycles. The van der Waals surface area contributed by atoms with Gasteiger partial charge in [-0.3, -0.25) is 9.59 Å². The van der Waals surface area contributed by atoms with Gasteiger partial charge in [0.25, 0.3) is 5.56 Å². The van der Waals surface area contributed by atoms with E-state index in [0.717, 1.165) is 28.1 Å². The lowest BCUT2D eigenvalue weighted by atomic mass is 9.94. The summed E-state index contributed by atoms with van der Waals surface area (Å²) in [6, 6.07) is 0.378. The SMILES string of the molecule is Cc1sc2nc(CCC(=O)N(C)C3CCCCC3)[nH]c(=O)c2c1C. The fraction of sp³-hybridized carbons (Fsp3) is 0.611. The first-order valence-corrected chi connectivity index (χ1v) is 9.53. The van der Waals surface area contributed by atoms with Gasteiger partial charge in [0.1, 0.15) is 10.7 Å². The summed E-state index contributed by atoms with van der Waals surface area (Å²) in [7, 11) is 1.91. The lowest BCUT2D eigenvalue weighted by Gasteiger charge is -2.31. The molecule has 0 saturated heterocycles. The van der Waals surface area contributed by atoms with Crippen molar-refractivity contribution in [3.05, 3.63) is 26.6 Å². The molecule has 0 atom stereocenters. The largest absolute Gasteiger partial charge is 0.343 e. The standard InChI is InChI=1S/C18H25N3O2S/c1-11-12(2)24-18-16(11)17(23)19-14(20-18)9-10-15(22)21(3)13-7-5-4-6-8-13/h13H,4-10H2,1-3H3,(H,19,20,23). The molecule has 0 radical (unpaired) electrons. The van der Waals surface area contributed by atoms with Gasteiger partial charge in [0.15, 0.2) is 0 Å². The summed E-state index contributed by atoms with van der Waals surface area (Å²) in [6.07, 6.45) is 6.80. The zero-order valence-corrected chi connectivity index (χ0v) is 15.5. The van der Waals surface area contributed by atoms with Gasteiger partial charge in [0.2, 0.25) is 5.91 Å². The van der Waals surface area contributed by atoms with Crippen LogP contribution in [-0.4, -0.2) is 33.9 Å². The van der Waals surface area contributed by atoms with Gasteiger partial charge in [0, 0.05) is 30.8 Å². The van der Waals surface area contributed by atoms with Gasteiger partial charge in [-0.1, -0.05) is 19.3 Å². The highest BCUT2D eigenvalue weighted by Crippen LogP contribution is 2.26. The molecule has 2 aromatic rings. The van der Waals surface area contributed by atoms with E-state index in [0.29, 0.717) is 30.1 Å². The van der Waals surface area contributed by atoms with Crippen molar-refractivity contribution in [3.63, 3.8) is 0 Å². The van der Waals surface area contributed by atoms with Crippen LogP contribution in [-0.2, 0) is 11.2 Å². The first-order valence-electron chi connectivity index (χ1n) is 8.72. The van der Waals surface area contributed by atoms with Crippen LogP contribution in [0.1, 0.15) is 54.8 Å². The molecule has 0 spiro atoms. The van der Waals surface area contributed by atoms with Crippen LogP contribution in [0.15, 0.2) is 4.79 Å². The summed E-state index contributed by atoms with van der Waals surface area (Å²) in [6.45, 7) is 3.96. The number of aryl methyl sites for hydroxylation is 3. The number of H-pyrrole nitrogens is 1. The zero-order valence-electron chi connectivity index (χ0n) is 14.6. The first kappa shape index (κ1) is 17.1. The number of nitrogens with zero attached hydrogens (tertiary/aromatic N) is 2. The molecule has 6 heteroatoms. The molecule has 1 aliphatic rings. The predicted octanol–water partition coefficient (Wildman–Crippen LogP) is 3.33. The van der Waals surface area contributed by atoms with E-state index in [9.17, 15) is 9.59 Å². The van der Waals surface area contributed by atoms with E-state index in [-0.39, 0.29) is 11.5 Å². The summed E-state index contributed by atoms with van der Waals surface area (Å²) in [5, 5.41) is 0.687. The van der Waals surface area contributed by atoms with Gasteiger partial charge in [-0.2, -0.15) is 0 Å². The van der Waals surface area contributed by atoms with Crippen molar-refractivity contribution < 1.29 is 4.79 Å². The molecule has 1 fully saturated rings. The van der Waals surface area contributed by atoms with E-state index in [2.05, 4.69) is 9.97 Å². The number of aromatic nitrogens is 2. The highest BCUT2D eigenvalue weighted by atomic mass is 32.1. The second-order valence-corrected chi connectivity index (χ2v) is 7.98. The highest BCUT2D eigenvalue weighted by molar-refractivity contribution is 7.18. The van der Waals surface area contributed by atoms with Gasteiger partial charge >= 0.3 is 0 Å². The number of amides is 1. The van der Waals surface area contributed by atoms with E-state index in [1.165, 1.54) is 19.3 Å². The van der Waals surface area contributed by atoms with Crippen molar-refractivity contribution in [2.75, 3.05) is 7.05 Å². The molecule has 0 aliphatic heterocycles. The van der Waals surface area contributed by atoms with Crippen LogP contribution >= 0.6 is 11.3 Å². The minimum Gasteiger partial charge on any atom is -0.343 e. The molecule has 1 saturated carbocycles. The highest BCUT2D eigenvalue weighted by Gasteiger charge is 2.22. The molecule has 0 unspecified atom stereocenters.